The summed E-state index contributed by atoms with van der Waals surface area (Å²) in [5.74, 6) is 0.980. The van der Waals surface area contributed by atoms with Crippen LogP contribution in [0.5, 0.6) is 0 Å². The first-order valence-corrected chi connectivity index (χ1v) is 7.29. The van der Waals surface area contributed by atoms with Gasteiger partial charge in [0.25, 0.3) is 0 Å². The topological polar surface area (TPSA) is 46.3 Å². The van der Waals surface area contributed by atoms with Gasteiger partial charge in [-0.1, -0.05) is 23.7 Å². The SMILES string of the molecule is CC(C)=CCC[C@@]1(C)CCC(=O)N(Cc2ccno2)C1. The highest BCUT2D eigenvalue weighted by molar-refractivity contribution is 5.77. The Balaban J connectivity index is 1.95. The largest absolute Gasteiger partial charge is 0.360 e. The number of rotatable bonds is 5. The van der Waals surface area contributed by atoms with Crippen LogP contribution in [-0.2, 0) is 11.3 Å². The van der Waals surface area contributed by atoms with Crippen LogP contribution in [0.25, 0.3) is 0 Å². The fourth-order valence-electron chi connectivity index (χ4n) is 2.76. The van der Waals surface area contributed by atoms with E-state index >= 15 is 0 Å². The van der Waals surface area contributed by atoms with Crippen LogP contribution in [0.15, 0.2) is 28.4 Å². The highest BCUT2D eigenvalue weighted by Gasteiger charge is 2.34. The van der Waals surface area contributed by atoms with Gasteiger partial charge in [-0.15, -0.1) is 0 Å². The molecule has 0 radical (unpaired) electrons. The van der Waals surface area contributed by atoms with Crippen LogP contribution in [0.3, 0.4) is 0 Å². The van der Waals surface area contributed by atoms with E-state index in [1.165, 1.54) is 5.57 Å². The van der Waals surface area contributed by atoms with Gasteiger partial charge in [-0.3, -0.25) is 4.79 Å². The summed E-state index contributed by atoms with van der Waals surface area (Å²) >= 11 is 0. The van der Waals surface area contributed by atoms with Crippen molar-refractivity contribution in [2.75, 3.05) is 6.54 Å². The van der Waals surface area contributed by atoms with Crippen LogP contribution in [-0.4, -0.2) is 22.5 Å². The first-order chi connectivity index (χ1) is 9.48. The number of nitrogens with zero attached hydrogens (tertiary/aromatic N) is 2. The van der Waals surface area contributed by atoms with Crippen molar-refractivity contribution in [2.24, 2.45) is 5.41 Å². The Bertz CT molecular complexity index is 475. The summed E-state index contributed by atoms with van der Waals surface area (Å²) in [6.07, 6.45) is 7.73. The van der Waals surface area contributed by atoms with Crippen LogP contribution < -0.4 is 0 Å². The fraction of sp³-hybridized carbons (Fsp3) is 0.625. The van der Waals surface area contributed by atoms with Crippen LogP contribution in [0.1, 0.15) is 52.2 Å². The normalized spacial score (nSPS) is 22.9. The number of carbonyl (C=O) groups is 1. The van der Waals surface area contributed by atoms with Gasteiger partial charge in [-0.25, -0.2) is 0 Å². The minimum Gasteiger partial charge on any atom is -0.360 e. The molecule has 1 aromatic rings. The molecule has 1 aliphatic heterocycles. The van der Waals surface area contributed by atoms with Gasteiger partial charge in [0, 0.05) is 19.0 Å². The van der Waals surface area contributed by atoms with Gasteiger partial charge in [-0.05, 0) is 38.5 Å². The smallest absolute Gasteiger partial charge is 0.223 e. The average molecular weight is 276 g/mol. The number of amides is 1. The lowest BCUT2D eigenvalue weighted by molar-refractivity contribution is -0.138. The third-order valence-corrected chi connectivity index (χ3v) is 4.01. The van der Waals surface area contributed by atoms with Gasteiger partial charge >= 0.3 is 0 Å². The van der Waals surface area contributed by atoms with Crippen LogP contribution in [0, 0.1) is 5.41 Å². The molecule has 1 atom stereocenters. The molecule has 0 unspecified atom stereocenters. The van der Waals surface area contributed by atoms with E-state index in [0.717, 1.165) is 31.6 Å². The number of carbonyl (C=O) groups excluding carboxylic acids is 1. The second kappa shape index (κ2) is 6.25. The van der Waals surface area contributed by atoms with Crippen LogP contribution >= 0.6 is 0 Å². The van der Waals surface area contributed by atoms with Gasteiger partial charge in [0.05, 0.1) is 12.7 Å². The first kappa shape index (κ1) is 14.8. The van der Waals surface area contributed by atoms with Crippen LogP contribution in [0.2, 0.25) is 0 Å². The second-order valence-corrected chi connectivity index (χ2v) is 6.36. The zero-order chi connectivity index (χ0) is 14.6. The number of hydrogen-bond acceptors (Lipinski definition) is 3. The number of allylic oxidation sites excluding steroid dienone is 2. The number of likely N-dealkylation sites (tertiary alicyclic amines) is 1. The number of hydrogen-bond donors (Lipinski definition) is 0. The van der Waals surface area contributed by atoms with Crippen molar-refractivity contribution in [3.05, 3.63) is 29.7 Å². The highest BCUT2D eigenvalue weighted by Crippen LogP contribution is 2.35. The molecule has 1 aliphatic rings. The standard InChI is InChI=1S/C16H24N2O2/c1-13(2)5-4-8-16(3)9-6-15(19)18(12-16)11-14-7-10-17-20-14/h5,7,10H,4,6,8-9,11-12H2,1-3H3/t16-/m0/s1. The molecule has 0 bridgehead atoms. The summed E-state index contributed by atoms with van der Waals surface area (Å²) in [7, 11) is 0. The van der Waals surface area contributed by atoms with E-state index in [1.54, 1.807) is 6.20 Å². The summed E-state index contributed by atoms with van der Waals surface area (Å²) < 4.78 is 5.11. The third kappa shape index (κ3) is 3.95. The molecule has 2 heterocycles. The van der Waals surface area contributed by atoms with E-state index in [9.17, 15) is 4.79 Å². The van der Waals surface area contributed by atoms with Crippen molar-refractivity contribution in [2.45, 2.75) is 53.0 Å². The molecule has 20 heavy (non-hydrogen) atoms. The lowest BCUT2D eigenvalue weighted by atomic mass is 9.77. The molecule has 1 amide bonds. The van der Waals surface area contributed by atoms with Gasteiger partial charge in [0.1, 0.15) is 0 Å². The molecule has 0 N–H and O–H groups in total. The molecule has 1 saturated heterocycles. The molecule has 110 valence electrons. The third-order valence-electron chi connectivity index (χ3n) is 4.01. The molecular weight excluding hydrogens is 252 g/mol. The summed E-state index contributed by atoms with van der Waals surface area (Å²) in [6.45, 7) is 7.89. The van der Waals surface area contributed by atoms with Crippen molar-refractivity contribution >= 4 is 5.91 Å². The number of aromatic nitrogens is 1. The van der Waals surface area contributed by atoms with Crippen molar-refractivity contribution in [3.8, 4) is 0 Å². The maximum atomic E-state index is 12.0. The Labute approximate surface area is 120 Å². The summed E-state index contributed by atoms with van der Waals surface area (Å²) in [4.78, 5) is 14.0. The molecular formula is C16H24N2O2. The molecule has 0 saturated carbocycles. The van der Waals surface area contributed by atoms with E-state index in [0.29, 0.717) is 13.0 Å². The molecule has 0 spiro atoms. The average Bonchev–Trinajstić information content (AvgIpc) is 2.86. The molecule has 4 heteroatoms. The Morgan fingerprint density at radius 2 is 2.35 bits per heavy atom. The zero-order valence-corrected chi connectivity index (χ0v) is 12.7. The summed E-state index contributed by atoms with van der Waals surface area (Å²) in [5, 5.41) is 3.70. The van der Waals surface area contributed by atoms with Crippen molar-refractivity contribution < 1.29 is 9.32 Å². The summed E-state index contributed by atoms with van der Waals surface area (Å²) in [6, 6.07) is 1.82. The Morgan fingerprint density at radius 1 is 1.55 bits per heavy atom. The zero-order valence-electron chi connectivity index (χ0n) is 12.7. The lowest BCUT2D eigenvalue weighted by Gasteiger charge is -2.40. The monoisotopic (exact) mass is 276 g/mol. The highest BCUT2D eigenvalue weighted by atomic mass is 16.5. The predicted octanol–water partition coefficient (Wildman–Crippen LogP) is 3.55. The van der Waals surface area contributed by atoms with E-state index in [4.69, 9.17) is 4.52 Å². The van der Waals surface area contributed by atoms with Crippen molar-refractivity contribution in [3.63, 3.8) is 0 Å². The first-order valence-electron chi connectivity index (χ1n) is 7.29. The van der Waals surface area contributed by atoms with E-state index in [2.05, 4.69) is 32.0 Å². The second-order valence-electron chi connectivity index (χ2n) is 6.36. The fourth-order valence-corrected chi connectivity index (χ4v) is 2.76. The minimum atomic E-state index is 0.208. The van der Waals surface area contributed by atoms with Gasteiger partial charge in [0.2, 0.25) is 5.91 Å². The molecule has 1 aromatic heterocycles. The Kier molecular flexibility index (Phi) is 4.63. The Hall–Kier alpha value is -1.58. The van der Waals surface area contributed by atoms with Crippen molar-refractivity contribution in [1.29, 1.82) is 0 Å². The minimum absolute atomic E-state index is 0.208. The van der Waals surface area contributed by atoms with Crippen molar-refractivity contribution in [1.82, 2.24) is 10.1 Å². The Morgan fingerprint density at radius 3 is 3.00 bits per heavy atom. The maximum Gasteiger partial charge on any atom is 0.223 e. The van der Waals surface area contributed by atoms with E-state index in [1.807, 2.05) is 11.0 Å². The van der Waals surface area contributed by atoms with E-state index < -0.39 is 0 Å². The quantitative estimate of drug-likeness (QED) is 0.773. The molecule has 4 nitrogen and oxygen atoms in total. The lowest BCUT2D eigenvalue weighted by Crippen LogP contribution is -2.44. The number of piperidine rings is 1. The predicted molar refractivity (Wildman–Crippen MR) is 77.9 cm³/mol. The van der Waals surface area contributed by atoms with E-state index in [-0.39, 0.29) is 11.3 Å². The van der Waals surface area contributed by atoms with Crippen LogP contribution in [0.4, 0.5) is 0 Å². The molecule has 0 aliphatic carbocycles. The van der Waals surface area contributed by atoms with Gasteiger partial charge in [-0.2, -0.15) is 0 Å². The van der Waals surface area contributed by atoms with Gasteiger partial charge in [0.15, 0.2) is 5.76 Å². The maximum absolute atomic E-state index is 12.0. The van der Waals surface area contributed by atoms with Gasteiger partial charge < -0.3 is 9.42 Å². The molecule has 2 rings (SSSR count). The summed E-state index contributed by atoms with van der Waals surface area (Å²) in [5.41, 5.74) is 1.57. The molecule has 0 aromatic carbocycles. The molecule has 1 fully saturated rings.